The number of halogens is 3. The minimum Gasteiger partial charge on any atom is -0.493 e. The first-order chi connectivity index (χ1) is 8.87. The Morgan fingerprint density at radius 3 is 2.47 bits per heavy atom. The summed E-state index contributed by atoms with van der Waals surface area (Å²) in [5, 5.41) is 0. The Balaban J connectivity index is 2.80. The van der Waals surface area contributed by atoms with Gasteiger partial charge >= 0.3 is 6.18 Å². The van der Waals surface area contributed by atoms with E-state index in [-0.39, 0.29) is 6.42 Å². The topological polar surface area (TPSA) is 44.5 Å². The first-order valence-electron chi connectivity index (χ1n) is 6.00. The molecule has 19 heavy (non-hydrogen) atoms. The first kappa shape index (κ1) is 15.6. The van der Waals surface area contributed by atoms with Gasteiger partial charge in [0, 0.05) is 12.5 Å². The van der Waals surface area contributed by atoms with E-state index in [2.05, 4.69) is 0 Å². The molecular weight excluding hydrogens is 259 g/mol. The van der Waals surface area contributed by atoms with Crippen LogP contribution in [0.25, 0.3) is 0 Å². The van der Waals surface area contributed by atoms with Gasteiger partial charge in [0.15, 0.2) is 11.5 Å². The van der Waals surface area contributed by atoms with E-state index in [9.17, 15) is 13.2 Å². The molecule has 1 atom stereocenters. The number of hydrogen-bond donors (Lipinski definition) is 1. The predicted molar refractivity (Wildman–Crippen MR) is 66.4 cm³/mol. The second-order valence-electron chi connectivity index (χ2n) is 4.10. The van der Waals surface area contributed by atoms with Crippen LogP contribution in [0.15, 0.2) is 18.2 Å². The van der Waals surface area contributed by atoms with E-state index in [0.29, 0.717) is 23.7 Å². The fraction of sp³-hybridized carbons (Fsp3) is 0.538. The van der Waals surface area contributed by atoms with Gasteiger partial charge in [-0.1, -0.05) is 6.07 Å². The van der Waals surface area contributed by atoms with Gasteiger partial charge in [0.25, 0.3) is 0 Å². The molecule has 0 aliphatic rings. The highest BCUT2D eigenvalue weighted by atomic mass is 19.4. The molecule has 0 saturated carbocycles. The number of methoxy groups -OCH3 is 1. The molecule has 0 spiro atoms. The maximum absolute atomic E-state index is 12.2. The predicted octanol–water partition coefficient (Wildman–Crippen LogP) is 3.44. The Morgan fingerprint density at radius 1 is 1.26 bits per heavy atom. The van der Waals surface area contributed by atoms with Crippen LogP contribution in [0.2, 0.25) is 0 Å². The Labute approximate surface area is 110 Å². The van der Waals surface area contributed by atoms with Crippen LogP contribution in [-0.2, 0) is 0 Å². The minimum atomic E-state index is -4.19. The summed E-state index contributed by atoms with van der Waals surface area (Å²) in [4.78, 5) is 0. The summed E-state index contributed by atoms with van der Waals surface area (Å²) in [6, 6.07) is 4.26. The molecule has 108 valence electrons. The van der Waals surface area contributed by atoms with Gasteiger partial charge in [0.05, 0.1) is 13.7 Å². The summed E-state index contributed by atoms with van der Waals surface area (Å²) in [7, 11) is 1.50. The van der Waals surface area contributed by atoms with Gasteiger partial charge in [-0.05, 0) is 31.0 Å². The fourth-order valence-corrected chi connectivity index (χ4v) is 1.68. The van der Waals surface area contributed by atoms with Crippen molar-refractivity contribution in [2.24, 2.45) is 5.73 Å². The standard InChI is InChI=1S/C13H18F3NO2/c1-3-19-12-8-9(4-5-11(12)18-2)10(17)6-7-13(14,15)16/h4-5,8,10H,3,6-7,17H2,1-2H3/t10-/m0/s1. The van der Waals surface area contributed by atoms with Gasteiger partial charge in [0.1, 0.15) is 0 Å². The maximum Gasteiger partial charge on any atom is 0.389 e. The molecule has 2 N–H and O–H groups in total. The molecule has 1 aromatic rings. The number of benzene rings is 1. The molecule has 0 bridgehead atoms. The number of hydrogen-bond acceptors (Lipinski definition) is 3. The van der Waals surface area contributed by atoms with Gasteiger partial charge in [-0.25, -0.2) is 0 Å². The average molecular weight is 277 g/mol. The molecule has 0 saturated heterocycles. The summed E-state index contributed by atoms with van der Waals surface area (Å²) >= 11 is 0. The van der Waals surface area contributed by atoms with Gasteiger partial charge in [0.2, 0.25) is 0 Å². The van der Waals surface area contributed by atoms with Gasteiger partial charge in [-0.3, -0.25) is 0 Å². The van der Waals surface area contributed by atoms with Crippen LogP contribution in [0, 0.1) is 0 Å². The SMILES string of the molecule is CCOc1cc([C@@H](N)CCC(F)(F)F)ccc1OC. The molecule has 0 unspecified atom stereocenters. The van der Waals surface area contributed by atoms with E-state index < -0.39 is 18.6 Å². The number of ether oxygens (including phenoxy) is 2. The minimum absolute atomic E-state index is 0.151. The van der Waals surface area contributed by atoms with Crippen LogP contribution in [0.5, 0.6) is 11.5 Å². The van der Waals surface area contributed by atoms with E-state index in [1.54, 1.807) is 18.2 Å². The molecule has 0 radical (unpaired) electrons. The van der Waals surface area contributed by atoms with E-state index >= 15 is 0 Å². The highest BCUT2D eigenvalue weighted by molar-refractivity contribution is 5.43. The fourth-order valence-electron chi connectivity index (χ4n) is 1.68. The lowest BCUT2D eigenvalue weighted by Crippen LogP contribution is -2.16. The highest BCUT2D eigenvalue weighted by Gasteiger charge is 2.28. The van der Waals surface area contributed by atoms with Crippen LogP contribution < -0.4 is 15.2 Å². The largest absolute Gasteiger partial charge is 0.493 e. The van der Waals surface area contributed by atoms with Crippen LogP contribution in [0.3, 0.4) is 0 Å². The van der Waals surface area contributed by atoms with Gasteiger partial charge in [-0.15, -0.1) is 0 Å². The lowest BCUT2D eigenvalue weighted by atomic mass is 10.0. The van der Waals surface area contributed by atoms with Crippen molar-refractivity contribution in [3.8, 4) is 11.5 Å². The Kier molecular flexibility index (Phi) is 5.47. The third kappa shape index (κ3) is 4.98. The average Bonchev–Trinajstić information content (AvgIpc) is 2.35. The smallest absolute Gasteiger partial charge is 0.389 e. The summed E-state index contributed by atoms with van der Waals surface area (Å²) < 4.78 is 46.9. The quantitative estimate of drug-likeness (QED) is 0.866. The van der Waals surface area contributed by atoms with Crippen LogP contribution in [0.1, 0.15) is 31.4 Å². The molecule has 6 heteroatoms. The molecule has 0 aromatic heterocycles. The van der Waals surface area contributed by atoms with Crippen molar-refractivity contribution in [1.29, 1.82) is 0 Å². The van der Waals surface area contributed by atoms with Crippen LogP contribution in [-0.4, -0.2) is 19.9 Å². The first-order valence-corrected chi connectivity index (χ1v) is 6.00. The lowest BCUT2D eigenvalue weighted by molar-refractivity contribution is -0.136. The molecular formula is C13H18F3NO2. The van der Waals surface area contributed by atoms with Crippen molar-refractivity contribution in [2.75, 3.05) is 13.7 Å². The van der Waals surface area contributed by atoms with Crippen LogP contribution >= 0.6 is 0 Å². The van der Waals surface area contributed by atoms with Gasteiger partial charge < -0.3 is 15.2 Å². The molecule has 0 amide bonds. The summed E-state index contributed by atoms with van der Waals surface area (Å²) in [6.07, 6.45) is -5.24. The van der Waals surface area contributed by atoms with Crippen molar-refractivity contribution in [3.05, 3.63) is 23.8 Å². The van der Waals surface area contributed by atoms with Crippen molar-refractivity contribution in [1.82, 2.24) is 0 Å². The summed E-state index contributed by atoms with van der Waals surface area (Å²) in [6.45, 7) is 2.26. The molecule has 0 fully saturated rings. The van der Waals surface area contributed by atoms with E-state index in [0.717, 1.165) is 0 Å². The van der Waals surface area contributed by atoms with E-state index in [1.807, 2.05) is 6.92 Å². The summed E-state index contributed by atoms with van der Waals surface area (Å²) in [5.74, 6) is 1.03. The third-order valence-corrected chi connectivity index (χ3v) is 2.65. The Bertz CT molecular complexity index is 407. The highest BCUT2D eigenvalue weighted by Crippen LogP contribution is 2.32. The molecule has 3 nitrogen and oxygen atoms in total. The Hall–Kier alpha value is -1.43. The Morgan fingerprint density at radius 2 is 1.95 bits per heavy atom. The van der Waals surface area contributed by atoms with Crippen LogP contribution in [0.4, 0.5) is 13.2 Å². The van der Waals surface area contributed by atoms with Crippen molar-refractivity contribution in [2.45, 2.75) is 32.0 Å². The van der Waals surface area contributed by atoms with E-state index in [4.69, 9.17) is 15.2 Å². The van der Waals surface area contributed by atoms with Gasteiger partial charge in [-0.2, -0.15) is 13.2 Å². The zero-order valence-corrected chi connectivity index (χ0v) is 11.0. The summed E-state index contributed by atoms with van der Waals surface area (Å²) in [5.41, 5.74) is 6.37. The molecule has 1 rings (SSSR count). The third-order valence-electron chi connectivity index (χ3n) is 2.65. The second kappa shape index (κ2) is 6.65. The number of rotatable bonds is 6. The molecule has 1 aromatic carbocycles. The van der Waals surface area contributed by atoms with Crippen molar-refractivity contribution >= 4 is 0 Å². The maximum atomic E-state index is 12.2. The van der Waals surface area contributed by atoms with E-state index in [1.165, 1.54) is 7.11 Å². The van der Waals surface area contributed by atoms with Crippen molar-refractivity contribution in [3.63, 3.8) is 0 Å². The zero-order valence-electron chi connectivity index (χ0n) is 11.0. The number of nitrogens with two attached hydrogens (primary N) is 1. The second-order valence-corrected chi connectivity index (χ2v) is 4.10. The molecule has 0 aliphatic heterocycles. The number of alkyl halides is 3. The molecule has 0 heterocycles. The molecule has 0 aliphatic carbocycles. The zero-order chi connectivity index (χ0) is 14.5. The lowest BCUT2D eigenvalue weighted by Gasteiger charge is -2.16. The normalized spacial score (nSPS) is 13.2. The van der Waals surface area contributed by atoms with Crippen molar-refractivity contribution < 1.29 is 22.6 Å². The monoisotopic (exact) mass is 277 g/mol.